The third kappa shape index (κ3) is 3.95. The number of likely N-dealkylation sites (tertiary alicyclic amines) is 1. The molecule has 94 valence electrons. The van der Waals surface area contributed by atoms with E-state index < -0.39 is 0 Å². The summed E-state index contributed by atoms with van der Waals surface area (Å²) in [5, 5.41) is 3.83. The predicted molar refractivity (Wildman–Crippen MR) is 68.7 cm³/mol. The quantitative estimate of drug-likeness (QED) is 0.891. The zero-order valence-electron chi connectivity index (χ0n) is 10.0. The molecule has 1 saturated heterocycles. The molecular formula is C13H18ClFN2. The Hall–Kier alpha value is -0.640. The van der Waals surface area contributed by atoms with E-state index in [0.717, 1.165) is 18.7 Å². The Labute approximate surface area is 107 Å². The first kappa shape index (κ1) is 12.8. The third-order valence-corrected chi connectivity index (χ3v) is 3.39. The van der Waals surface area contributed by atoms with Crippen LogP contribution >= 0.6 is 11.6 Å². The topological polar surface area (TPSA) is 15.3 Å². The molecule has 4 heteroatoms. The van der Waals surface area contributed by atoms with Gasteiger partial charge in [0.15, 0.2) is 0 Å². The molecule has 2 rings (SSSR count). The largest absolute Gasteiger partial charge is 0.312 e. The fraction of sp³-hybridized carbons (Fsp3) is 0.538. The van der Waals surface area contributed by atoms with E-state index in [4.69, 9.17) is 11.6 Å². The Kier molecular flexibility index (Phi) is 4.37. The van der Waals surface area contributed by atoms with Crippen LogP contribution in [0, 0.1) is 11.7 Å². The van der Waals surface area contributed by atoms with Gasteiger partial charge in [0.1, 0.15) is 5.82 Å². The van der Waals surface area contributed by atoms with Crippen molar-refractivity contribution in [3.05, 3.63) is 34.6 Å². The highest BCUT2D eigenvalue weighted by atomic mass is 35.5. The van der Waals surface area contributed by atoms with E-state index >= 15 is 0 Å². The third-order valence-electron chi connectivity index (χ3n) is 3.17. The number of rotatable bonds is 4. The minimum atomic E-state index is -0.269. The number of nitrogens with zero attached hydrogens (tertiary/aromatic N) is 1. The van der Waals surface area contributed by atoms with Crippen molar-refractivity contribution in [3.63, 3.8) is 0 Å². The lowest BCUT2D eigenvalue weighted by molar-refractivity contribution is 0.388. The van der Waals surface area contributed by atoms with Gasteiger partial charge in [-0.1, -0.05) is 11.6 Å². The van der Waals surface area contributed by atoms with E-state index in [2.05, 4.69) is 17.3 Å². The fourth-order valence-corrected chi connectivity index (χ4v) is 2.57. The summed E-state index contributed by atoms with van der Waals surface area (Å²) >= 11 is 5.80. The normalized spacial score (nSPS) is 21.0. The zero-order valence-corrected chi connectivity index (χ0v) is 10.8. The highest BCUT2D eigenvalue weighted by molar-refractivity contribution is 6.30. The van der Waals surface area contributed by atoms with Crippen LogP contribution < -0.4 is 5.32 Å². The van der Waals surface area contributed by atoms with Crippen LogP contribution in [-0.4, -0.2) is 31.6 Å². The van der Waals surface area contributed by atoms with Crippen LogP contribution in [0.1, 0.15) is 12.0 Å². The SMILES string of the molecule is CN1CCC(CNCc2cc(F)cc(Cl)c2)C1. The molecule has 1 fully saturated rings. The summed E-state index contributed by atoms with van der Waals surface area (Å²) in [6.07, 6.45) is 1.24. The van der Waals surface area contributed by atoms with Gasteiger partial charge in [-0.15, -0.1) is 0 Å². The second kappa shape index (κ2) is 5.80. The standard InChI is InChI=1S/C13H18ClFN2/c1-17-3-2-10(9-17)7-16-8-11-4-12(14)6-13(15)5-11/h4-6,10,16H,2-3,7-9H2,1H3. The molecule has 0 aliphatic carbocycles. The Bertz CT molecular complexity index is 363. The summed E-state index contributed by atoms with van der Waals surface area (Å²) in [6.45, 7) is 3.99. The predicted octanol–water partition coefficient (Wildman–Crippen LogP) is 2.52. The van der Waals surface area contributed by atoms with Crippen molar-refractivity contribution in [1.29, 1.82) is 0 Å². The number of hydrogen-bond donors (Lipinski definition) is 1. The van der Waals surface area contributed by atoms with E-state index in [-0.39, 0.29) is 5.82 Å². The second-order valence-electron chi connectivity index (χ2n) is 4.83. The molecule has 0 amide bonds. The van der Waals surface area contributed by atoms with Crippen LogP contribution in [-0.2, 0) is 6.54 Å². The monoisotopic (exact) mass is 256 g/mol. The summed E-state index contributed by atoms with van der Waals surface area (Å²) < 4.78 is 13.1. The van der Waals surface area contributed by atoms with Crippen molar-refractivity contribution in [2.24, 2.45) is 5.92 Å². The maximum absolute atomic E-state index is 13.1. The zero-order chi connectivity index (χ0) is 12.3. The maximum Gasteiger partial charge on any atom is 0.125 e. The number of hydrogen-bond acceptors (Lipinski definition) is 2. The molecule has 1 heterocycles. The van der Waals surface area contributed by atoms with E-state index in [0.29, 0.717) is 17.5 Å². The lowest BCUT2D eigenvalue weighted by Crippen LogP contribution is -2.24. The van der Waals surface area contributed by atoms with Crippen LogP contribution in [0.2, 0.25) is 5.02 Å². The van der Waals surface area contributed by atoms with Crippen molar-refractivity contribution in [3.8, 4) is 0 Å². The molecule has 2 nitrogen and oxygen atoms in total. The van der Waals surface area contributed by atoms with Crippen molar-refractivity contribution in [2.45, 2.75) is 13.0 Å². The Morgan fingerprint density at radius 2 is 2.29 bits per heavy atom. The average Bonchev–Trinajstić information content (AvgIpc) is 2.63. The molecule has 1 aromatic carbocycles. The molecule has 0 bridgehead atoms. The summed E-state index contributed by atoms with van der Waals surface area (Å²) in [5.41, 5.74) is 0.904. The van der Waals surface area contributed by atoms with Crippen molar-refractivity contribution >= 4 is 11.6 Å². The molecule has 1 atom stereocenters. The van der Waals surface area contributed by atoms with E-state index in [1.165, 1.54) is 25.1 Å². The Morgan fingerprint density at radius 1 is 1.47 bits per heavy atom. The maximum atomic E-state index is 13.1. The smallest absolute Gasteiger partial charge is 0.125 e. The fourth-order valence-electron chi connectivity index (χ4n) is 2.33. The summed E-state index contributed by atoms with van der Waals surface area (Å²) in [6, 6.07) is 4.66. The molecule has 1 aliphatic rings. The van der Waals surface area contributed by atoms with Gasteiger partial charge in [0, 0.05) is 18.1 Å². The van der Waals surface area contributed by atoms with Crippen molar-refractivity contribution < 1.29 is 4.39 Å². The highest BCUT2D eigenvalue weighted by Gasteiger charge is 2.18. The van der Waals surface area contributed by atoms with E-state index in [1.807, 2.05) is 0 Å². The van der Waals surface area contributed by atoms with Crippen LogP contribution in [0.4, 0.5) is 4.39 Å². The van der Waals surface area contributed by atoms with Crippen LogP contribution in [0.25, 0.3) is 0 Å². The lowest BCUT2D eigenvalue weighted by Gasteiger charge is -2.11. The van der Waals surface area contributed by atoms with Gasteiger partial charge in [-0.2, -0.15) is 0 Å². The molecule has 1 aromatic rings. The van der Waals surface area contributed by atoms with Gasteiger partial charge < -0.3 is 10.2 Å². The molecule has 0 radical (unpaired) electrons. The van der Waals surface area contributed by atoms with Gasteiger partial charge in [0.2, 0.25) is 0 Å². The minimum absolute atomic E-state index is 0.269. The summed E-state index contributed by atoms with van der Waals surface area (Å²) in [7, 11) is 2.15. The molecular weight excluding hydrogens is 239 g/mol. The molecule has 17 heavy (non-hydrogen) atoms. The van der Waals surface area contributed by atoms with E-state index in [9.17, 15) is 4.39 Å². The molecule has 1 unspecified atom stereocenters. The number of halogens is 2. The molecule has 1 aliphatic heterocycles. The van der Waals surface area contributed by atoms with Gasteiger partial charge in [0.25, 0.3) is 0 Å². The van der Waals surface area contributed by atoms with Gasteiger partial charge in [-0.25, -0.2) is 4.39 Å². The molecule has 0 saturated carbocycles. The first-order chi connectivity index (χ1) is 8.13. The lowest BCUT2D eigenvalue weighted by atomic mass is 10.1. The molecule has 0 aromatic heterocycles. The van der Waals surface area contributed by atoms with Gasteiger partial charge in [0.05, 0.1) is 0 Å². The van der Waals surface area contributed by atoms with E-state index in [1.54, 1.807) is 6.07 Å². The van der Waals surface area contributed by atoms with Crippen LogP contribution in [0.3, 0.4) is 0 Å². The van der Waals surface area contributed by atoms with Gasteiger partial charge in [-0.05, 0) is 56.2 Å². The second-order valence-corrected chi connectivity index (χ2v) is 5.26. The first-order valence-electron chi connectivity index (χ1n) is 5.98. The highest BCUT2D eigenvalue weighted by Crippen LogP contribution is 2.15. The van der Waals surface area contributed by atoms with Crippen LogP contribution in [0.15, 0.2) is 18.2 Å². The van der Waals surface area contributed by atoms with Gasteiger partial charge in [-0.3, -0.25) is 0 Å². The number of benzene rings is 1. The number of nitrogens with one attached hydrogen (secondary N) is 1. The van der Waals surface area contributed by atoms with Crippen LogP contribution in [0.5, 0.6) is 0 Å². The Morgan fingerprint density at radius 3 is 2.94 bits per heavy atom. The molecule has 0 spiro atoms. The minimum Gasteiger partial charge on any atom is -0.312 e. The Balaban J connectivity index is 1.78. The van der Waals surface area contributed by atoms with Crippen molar-refractivity contribution in [1.82, 2.24) is 10.2 Å². The van der Waals surface area contributed by atoms with Crippen molar-refractivity contribution in [2.75, 3.05) is 26.7 Å². The van der Waals surface area contributed by atoms with Gasteiger partial charge >= 0.3 is 0 Å². The summed E-state index contributed by atoms with van der Waals surface area (Å²) in [5.74, 6) is 0.443. The summed E-state index contributed by atoms with van der Waals surface area (Å²) in [4.78, 5) is 2.34. The first-order valence-corrected chi connectivity index (χ1v) is 6.35. The average molecular weight is 257 g/mol. The molecule has 1 N–H and O–H groups in total.